The number of nitrogens with zero attached hydrogens (tertiary/aromatic N) is 1. The Morgan fingerprint density at radius 1 is 1.00 bits per heavy atom. The smallest absolute Gasteiger partial charge is 0.243 e. The van der Waals surface area contributed by atoms with E-state index < -0.39 is 20.0 Å². The first-order valence-electron chi connectivity index (χ1n) is 11.8. The van der Waals surface area contributed by atoms with Crippen LogP contribution >= 0.6 is 0 Å². The molecule has 8 nitrogen and oxygen atoms in total. The van der Waals surface area contributed by atoms with Gasteiger partial charge in [-0.05, 0) is 48.4 Å². The third-order valence-corrected chi connectivity index (χ3v) is 9.35. The van der Waals surface area contributed by atoms with Crippen LogP contribution in [0.1, 0.15) is 36.5 Å². The average molecular weight is 521 g/mol. The highest BCUT2D eigenvalue weighted by Crippen LogP contribution is 2.31. The fourth-order valence-electron chi connectivity index (χ4n) is 4.42. The molecule has 190 valence electrons. The molecule has 2 saturated heterocycles. The van der Waals surface area contributed by atoms with Crippen molar-refractivity contribution in [2.24, 2.45) is 5.92 Å². The lowest BCUT2D eigenvalue weighted by Crippen LogP contribution is -2.32. The Labute approximate surface area is 208 Å². The van der Waals surface area contributed by atoms with Crippen LogP contribution in [0.2, 0.25) is 0 Å². The average Bonchev–Trinajstić information content (AvgIpc) is 3.38. The second kappa shape index (κ2) is 11.3. The topological polar surface area (TPSA) is 102 Å². The van der Waals surface area contributed by atoms with Crippen LogP contribution in [0, 0.1) is 5.92 Å². The third-order valence-electron chi connectivity index (χ3n) is 6.46. The minimum Gasteiger partial charge on any atom is -0.381 e. The van der Waals surface area contributed by atoms with Crippen molar-refractivity contribution in [1.82, 2.24) is 9.03 Å². The number of hydrogen-bond acceptors (Lipinski definition) is 6. The molecule has 0 spiro atoms. The minimum atomic E-state index is -3.69. The molecule has 10 heteroatoms. The van der Waals surface area contributed by atoms with Crippen molar-refractivity contribution in [3.05, 3.63) is 77.7 Å². The molecule has 1 N–H and O–H groups in total. The quantitative estimate of drug-likeness (QED) is 0.517. The molecule has 0 radical (unpaired) electrons. The van der Waals surface area contributed by atoms with E-state index in [0.717, 1.165) is 29.4 Å². The van der Waals surface area contributed by atoms with Gasteiger partial charge in [0.1, 0.15) is 6.10 Å². The molecule has 4 rings (SSSR count). The van der Waals surface area contributed by atoms with Crippen LogP contribution in [-0.4, -0.2) is 60.1 Å². The van der Waals surface area contributed by atoms with Crippen molar-refractivity contribution in [2.75, 3.05) is 32.8 Å². The van der Waals surface area contributed by atoms with Gasteiger partial charge in [0.05, 0.1) is 11.0 Å². The van der Waals surface area contributed by atoms with Gasteiger partial charge in [-0.25, -0.2) is 21.6 Å². The normalized spacial score (nSPS) is 21.1. The van der Waals surface area contributed by atoms with Gasteiger partial charge >= 0.3 is 0 Å². The molecular weight excluding hydrogens is 488 g/mol. The summed E-state index contributed by atoms with van der Waals surface area (Å²) < 4.78 is 65.4. The first-order chi connectivity index (χ1) is 16.8. The summed E-state index contributed by atoms with van der Waals surface area (Å²) in [7, 11) is -7.22. The van der Waals surface area contributed by atoms with Crippen LogP contribution in [0.5, 0.6) is 0 Å². The van der Waals surface area contributed by atoms with Crippen molar-refractivity contribution >= 4 is 20.0 Å². The van der Waals surface area contributed by atoms with Crippen LogP contribution in [0.3, 0.4) is 0 Å². The van der Waals surface area contributed by atoms with Gasteiger partial charge in [-0.1, -0.05) is 49.0 Å². The first kappa shape index (κ1) is 26.0. The lowest BCUT2D eigenvalue weighted by Gasteiger charge is -2.28. The van der Waals surface area contributed by atoms with E-state index in [2.05, 4.69) is 11.3 Å². The van der Waals surface area contributed by atoms with Crippen molar-refractivity contribution in [2.45, 2.75) is 36.4 Å². The van der Waals surface area contributed by atoms with Gasteiger partial charge in [0, 0.05) is 38.3 Å². The zero-order valence-electron chi connectivity index (χ0n) is 19.6. The largest absolute Gasteiger partial charge is 0.381 e. The second-order valence-electron chi connectivity index (χ2n) is 8.89. The lowest BCUT2D eigenvalue weighted by atomic mass is 10.0. The zero-order valence-corrected chi connectivity index (χ0v) is 21.2. The number of ether oxygens (including phenoxy) is 2. The lowest BCUT2D eigenvalue weighted by molar-refractivity contribution is -0.0567. The van der Waals surface area contributed by atoms with Gasteiger partial charge in [0.25, 0.3) is 0 Å². The highest BCUT2D eigenvalue weighted by Gasteiger charge is 2.33. The summed E-state index contributed by atoms with van der Waals surface area (Å²) in [6, 6.07) is 16.8. The third kappa shape index (κ3) is 6.58. The van der Waals surface area contributed by atoms with Gasteiger partial charge in [-0.2, -0.15) is 4.31 Å². The molecule has 2 aliphatic heterocycles. The fourth-order valence-corrected chi connectivity index (χ4v) is 6.54. The maximum absolute atomic E-state index is 13.2. The summed E-state index contributed by atoms with van der Waals surface area (Å²) in [5.74, 6) is -0.0888. The molecule has 2 fully saturated rings. The minimum absolute atomic E-state index is 0.0809. The van der Waals surface area contributed by atoms with E-state index in [1.54, 1.807) is 12.1 Å². The molecule has 2 aliphatic rings. The highest BCUT2D eigenvalue weighted by molar-refractivity contribution is 7.92. The molecule has 2 aromatic carbocycles. The first-order valence-corrected chi connectivity index (χ1v) is 14.8. The number of benzene rings is 2. The van der Waals surface area contributed by atoms with Crippen LogP contribution in [0.4, 0.5) is 0 Å². The summed E-state index contributed by atoms with van der Waals surface area (Å²) in [5.41, 5.74) is 1.90. The van der Waals surface area contributed by atoms with Crippen molar-refractivity contribution in [1.29, 1.82) is 0 Å². The standard InChI is InChI=1S/C25H32N2O6S2/c1-2-34(28,29)26-18-20-12-15-27(19-20)35(30,31)24-10-8-22(9-11-24)25(21-6-4-3-5-7-21)33-23-13-16-32-17-14-23/h2-11,20,23,25-26H,1,12-19H2. The zero-order chi connectivity index (χ0) is 24.9. The Morgan fingerprint density at radius 3 is 2.31 bits per heavy atom. The van der Waals surface area contributed by atoms with Crippen molar-refractivity contribution in [3.63, 3.8) is 0 Å². The molecule has 0 amide bonds. The van der Waals surface area contributed by atoms with E-state index in [1.807, 2.05) is 42.5 Å². The van der Waals surface area contributed by atoms with Crippen molar-refractivity contribution < 1.29 is 26.3 Å². The molecule has 0 aromatic heterocycles. The summed E-state index contributed by atoms with van der Waals surface area (Å²) in [6.07, 6.45) is 2.03. The van der Waals surface area contributed by atoms with Crippen molar-refractivity contribution in [3.8, 4) is 0 Å². The summed E-state index contributed by atoms with van der Waals surface area (Å²) in [5, 5.41) is 0.854. The molecule has 0 saturated carbocycles. The fraction of sp³-hybridized carbons (Fsp3) is 0.440. The maximum atomic E-state index is 13.2. The van der Waals surface area contributed by atoms with Gasteiger partial charge in [-0.15, -0.1) is 0 Å². The molecule has 2 heterocycles. The Balaban J connectivity index is 1.47. The van der Waals surface area contributed by atoms with Crippen LogP contribution < -0.4 is 4.72 Å². The predicted molar refractivity (Wildman–Crippen MR) is 134 cm³/mol. The molecule has 2 aromatic rings. The maximum Gasteiger partial charge on any atom is 0.243 e. The van der Waals surface area contributed by atoms with E-state index >= 15 is 0 Å². The summed E-state index contributed by atoms with van der Waals surface area (Å²) >= 11 is 0. The van der Waals surface area contributed by atoms with Gasteiger partial charge < -0.3 is 9.47 Å². The van der Waals surface area contributed by atoms with Crippen LogP contribution in [0.25, 0.3) is 0 Å². The monoisotopic (exact) mass is 520 g/mol. The Hall–Kier alpha value is -2.08. The summed E-state index contributed by atoms with van der Waals surface area (Å²) in [4.78, 5) is 0.214. The molecule has 35 heavy (non-hydrogen) atoms. The highest BCUT2D eigenvalue weighted by atomic mass is 32.2. The second-order valence-corrected chi connectivity index (χ2v) is 12.5. The van der Waals surface area contributed by atoms with E-state index in [-0.39, 0.29) is 36.1 Å². The van der Waals surface area contributed by atoms with E-state index in [4.69, 9.17) is 9.47 Å². The van der Waals surface area contributed by atoms with Crippen LogP contribution in [0.15, 0.2) is 71.5 Å². The Bertz CT molecular complexity index is 1190. The number of sulfonamides is 2. The molecular formula is C25H32N2O6S2. The van der Waals surface area contributed by atoms with Gasteiger partial charge in [-0.3, -0.25) is 0 Å². The molecule has 0 bridgehead atoms. The van der Waals surface area contributed by atoms with Gasteiger partial charge in [0.15, 0.2) is 0 Å². The predicted octanol–water partition coefficient (Wildman–Crippen LogP) is 3.05. The van der Waals surface area contributed by atoms with E-state index in [1.165, 1.54) is 4.31 Å². The Morgan fingerprint density at radius 2 is 1.66 bits per heavy atom. The van der Waals surface area contributed by atoms with E-state index in [9.17, 15) is 16.8 Å². The molecule has 2 unspecified atom stereocenters. The summed E-state index contributed by atoms with van der Waals surface area (Å²) in [6.45, 7) is 5.42. The van der Waals surface area contributed by atoms with Crippen LogP contribution in [-0.2, 0) is 29.5 Å². The molecule has 0 aliphatic carbocycles. The SMILES string of the molecule is C=CS(=O)(=O)NCC1CCN(S(=O)(=O)c2ccc(C(OC3CCOCC3)c3ccccc3)cc2)C1. The van der Waals surface area contributed by atoms with E-state index in [0.29, 0.717) is 26.2 Å². The number of nitrogens with one attached hydrogen (secondary N) is 1. The number of hydrogen-bond donors (Lipinski definition) is 1. The van der Waals surface area contributed by atoms with Gasteiger partial charge in [0.2, 0.25) is 20.0 Å². The number of rotatable bonds is 10. The Kier molecular flexibility index (Phi) is 8.41. The molecule has 2 atom stereocenters.